The SMILES string of the molecule is CC.Cc1nc(C)c(COc2ccc3oc(C)c(C(=O)O)c3c2)o1. The summed E-state index contributed by atoms with van der Waals surface area (Å²) in [5, 5.41) is 9.79. The van der Waals surface area contributed by atoms with Gasteiger partial charge >= 0.3 is 5.97 Å². The number of rotatable bonds is 4. The maximum Gasteiger partial charge on any atom is 0.339 e. The van der Waals surface area contributed by atoms with E-state index >= 15 is 0 Å². The molecule has 2 heterocycles. The van der Waals surface area contributed by atoms with Gasteiger partial charge in [-0.2, -0.15) is 0 Å². The number of benzene rings is 1. The van der Waals surface area contributed by atoms with Crippen LogP contribution in [0.1, 0.15) is 47.3 Å². The predicted molar refractivity (Wildman–Crippen MR) is 89.6 cm³/mol. The molecule has 6 nitrogen and oxygen atoms in total. The van der Waals surface area contributed by atoms with Gasteiger partial charge < -0.3 is 18.7 Å². The van der Waals surface area contributed by atoms with Crippen molar-refractivity contribution >= 4 is 16.9 Å². The first-order chi connectivity index (χ1) is 11.5. The van der Waals surface area contributed by atoms with Gasteiger partial charge in [-0.1, -0.05) is 13.8 Å². The first-order valence-electron chi connectivity index (χ1n) is 7.78. The molecule has 0 saturated heterocycles. The molecule has 0 amide bonds. The molecule has 0 saturated carbocycles. The van der Waals surface area contributed by atoms with Gasteiger partial charge in [0, 0.05) is 12.3 Å². The topological polar surface area (TPSA) is 85.7 Å². The minimum absolute atomic E-state index is 0.159. The van der Waals surface area contributed by atoms with Gasteiger partial charge in [0.15, 0.2) is 11.7 Å². The number of nitrogens with zero attached hydrogens (tertiary/aromatic N) is 1. The summed E-state index contributed by atoms with van der Waals surface area (Å²) in [4.78, 5) is 15.5. The molecule has 6 heteroatoms. The van der Waals surface area contributed by atoms with E-state index in [0.29, 0.717) is 34.1 Å². The number of oxazole rings is 1. The van der Waals surface area contributed by atoms with E-state index in [1.165, 1.54) is 0 Å². The van der Waals surface area contributed by atoms with Crippen LogP contribution in [0.5, 0.6) is 5.75 Å². The zero-order valence-corrected chi connectivity index (χ0v) is 14.5. The van der Waals surface area contributed by atoms with Crippen LogP contribution in [0.25, 0.3) is 11.0 Å². The molecule has 24 heavy (non-hydrogen) atoms. The maximum atomic E-state index is 11.3. The van der Waals surface area contributed by atoms with Gasteiger partial charge in [0.1, 0.15) is 29.3 Å². The van der Waals surface area contributed by atoms with E-state index in [1.54, 1.807) is 32.0 Å². The number of aromatic carboxylic acids is 1. The Morgan fingerprint density at radius 3 is 2.50 bits per heavy atom. The first-order valence-corrected chi connectivity index (χ1v) is 7.78. The fourth-order valence-electron chi connectivity index (χ4n) is 2.41. The fraction of sp³-hybridized carbons (Fsp3) is 0.333. The molecule has 0 bridgehead atoms. The van der Waals surface area contributed by atoms with Crippen molar-refractivity contribution in [3.8, 4) is 5.75 Å². The van der Waals surface area contributed by atoms with Crippen molar-refractivity contribution < 1.29 is 23.5 Å². The van der Waals surface area contributed by atoms with E-state index in [0.717, 1.165) is 5.69 Å². The van der Waals surface area contributed by atoms with Crippen molar-refractivity contribution in [3.63, 3.8) is 0 Å². The normalized spacial score (nSPS) is 10.4. The van der Waals surface area contributed by atoms with Gasteiger partial charge in [0.25, 0.3) is 0 Å². The lowest BCUT2D eigenvalue weighted by Crippen LogP contribution is -1.98. The molecule has 0 aliphatic rings. The summed E-state index contributed by atoms with van der Waals surface area (Å²) < 4.78 is 16.5. The summed E-state index contributed by atoms with van der Waals surface area (Å²) in [5.41, 5.74) is 1.46. The summed E-state index contributed by atoms with van der Waals surface area (Å²) in [5.74, 6) is 1.14. The molecular weight excluding hydrogens is 310 g/mol. The van der Waals surface area contributed by atoms with Crippen molar-refractivity contribution in [3.05, 3.63) is 46.9 Å². The molecule has 0 radical (unpaired) electrons. The zero-order valence-electron chi connectivity index (χ0n) is 14.5. The van der Waals surface area contributed by atoms with Crippen LogP contribution in [0.2, 0.25) is 0 Å². The van der Waals surface area contributed by atoms with E-state index in [-0.39, 0.29) is 12.2 Å². The van der Waals surface area contributed by atoms with Gasteiger partial charge in [0.05, 0.1) is 5.69 Å². The van der Waals surface area contributed by atoms with Crippen molar-refractivity contribution in [1.29, 1.82) is 0 Å². The molecule has 3 rings (SSSR count). The molecule has 2 aromatic heterocycles. The maximum absolute atomic E-state index is 11.3. The second kappa shape index (κ2) is 7.21. The van der Waals surface area contributed by atoms with Crippen LogP contribution in [-0.2, 0) is 6.61 Å². The Bertz CT molecular complexity index is 860. The molecule has 0 aliphatic carbocycles. The number of aromatic nitrogens is 1. The fourth-order valence-corrected chi connectivity index (χ4v) is 2.41. The minimum Gasteiger partial charge on any atom is -0.486 e. The third-order valence-electron chi connectivity index (χ3n) is 3.42. The Balaban J connectivity index is 0.00000100. The number of furan rings is 1. The standard InChI is InChI=1S/C16H15NO5.C2H6/c1-8-14(22-10(3)17-8)7-20-11-4-5-13-12(6-11)15(16(18)19)9(2)21-13;1-2/h4-6H,7H2,1-3H3,(H,18,19);1-2H3. The zero-order chi connectivity index (χ0) is 17.9. The lowest BCUT2D eigenvalue weighted by Gasteiger charge is -2.04. The molecular formula is C18H21NO5. The number of fused-ring (bicyclic) bond motifs is 1. The lowest BCUT2D eigenvalue weighted by atomic mass is 10.1. The molecule has 128 valence electrons. The van der Waals surface area contributed by atoms with Crippen molar-refractivity contribution in [1.82, 2.24) is 4.98 Å². The monoisotopic (exact) mass is 331 g/mol. The van der Waals surface area contributed by atoms with Crippen molar-refractivity contribution in [2.24, 2.45) is 0 Å². The predicted octanol–water partition coefficient (Wildman–Crippen LogP) is 4.65. The number of hydrogen-bond acceptors (Lipinski definition) is 5. The van der Waals surface area contributed by atoms with E-state index in [4.69, 9.17) is 13.6 Å². The number of carbonyl (C=O) groups is 1. The number of ether oxygens (including phenoxy) is 1. The minimum atomic E-state index is -1.02. The van der Waals surface area contributed by atoms with Crippen molar-refractivity contribution in [2.45, 2.75) is 41.2 Å². The molecule has 1 aromatic carbocycles. The molecule has 0 spiro atoms. The average molecular weight is 331 g/mol. The van der Waals surface area contributed by atoms with Crippen LogP contribution in [-0.4, -0.2) is 16.1 Å². The highest BCUT2D eigenvalue weighted by Gasteiger charge is 2.18. The van der Waals surface area contributed by atoms with Gasteiger partial charge in [-0.3, -0.25) is 0 Å². The Kier molecular flexibility index (Phi) is 5.28. The summed E-state index contributed by atoms with van der Waals surface area (Å²) in [6, 6.07) is 5.09. The summed E-state index contributed by atoms with van der Waals surface area (Å²) >= 11 is 0. The van der Waals surface area contributed by atoms with E-state index < -0.39 is 5.97 Å². The second-order valence-electron chi connectivity index (χ2n) is 5.03. The average Bonchev–Trinajstić information content (AvgIpc) is 3.04. The highest BCUT2D eigenvalue weighted by molar-refractivity contribution is 6.03. The third-order valence-corrected chi connectivity index (χ3v) is 3.42. The van der Waals surface area contributed by atoms with Crippen LogP contribution in [0, 0.1) is 20.8 Å². The van der Waals surface area contributed by atoms with Crippen LogP contribution in [0.3, 0.4) is 0 Å². The molecule has 0 unspecified atom stereocenters. The molecule has 0 aliphatic heterocycles. The Morgan fingerprint density at radius 1 is 1.21 bits per heavy atom. The first kappa shape index (κ1) is 17.6. The number of carboxylic acids is 1. The molecule has 0 atom stereocenters. The second-order valence-corrected chi connectivity index (χ2v) is 5.03. The molecule has 0 fully saturated rings. The van der Waals surface area contributed by atoms with Gasteiger partial charge in [-0.15, -0.1) is 0 Å². The van der Waals surface area contributed by atoms with Gasteiger partial charge in [-0.25, -0.2) is 9.78 Å². The van der Waals surface area contributed by atoms with Crippen LogP contribution < -0.4 is 4.74 Å². The highest BCUT2D eigenvalue weighted by atomic mass is 16.5. The van der Waals surface area contributed by atoms with Gasteiger partial charge in [0.2, 0.25) is 0 Å². The summed E-state index contributed by atoms with van der Waals surface area (Å²) in [6.07, 6.45) is 0. The smallest absolute Gasteiger partial charge is 0.339 e. The molecule has 1 N–H and O–H groups in total. The van der Waals surface area contributed by atoms with E-state index in [2.05, 4.69) is 4.98 Å². The lowest BCUT2D eigenvalue weighted by molar-refractivity contribution is 0.0697. The Hall–Kier alpha value is -2.76. The van der Waals surface area contributed by atoms with Crippen molar-refractivity contribution in [2.75, 3.05) is 0 Å². The van der Waals surface area contributed by atoms with Crippen LogP contribution in [0.15, 0.2) is 27.0 Å². The largest absolute Gasteiger partial charge is 0.486 e. The third kappa shape index (κ3) is 3.42. The van der Waals surface area contributed by atoms with Crippen LogP contribution >= 0.6 is 0 Å². The van der Waals surface area contributed by atoms with Crippen LogP contribution in [0.4, 0.5) is 0 Å². The number of carboxylic acid groups (broad SMARTS) is 1. The molecule has 3 aromatic rings. The quantitative estimate of drug-likeness (QED) is 0.749. The Labute approximate surface area is 140 Å². The number of hydrogen-bond donors (Lipinski definition) is 1. The van der Waals surface area contributed by atoms with Gasteiger partial charge in [-0.05, 0) is 32.0 Å². The summed E-state index contributed by atoms with van der Waals surface area (Å²) in [6.45, 7) is 9.48. The Morgan fingerprint density at radius 2 is 1.92 bits per heavy atom. The summed E-state index contributed by atoms with van der Waals surface area (Å²) in [7, 11) is 0. The van der Waals surface area contributed by atoms with E-state index in [9.17, 15) is 9.90 Å². The number of aryl methyl sites for hydroxylation is 3. The highest BCUT2D eigenvalue weighted by Crippen LogP contribution is 2.29. The van der Waals surface area contributed by atoms with E-state index in [1.807, 2.05) is 20.8 Å².